The monoisotopic (exact) mass is 318 g/mol. The Morgan fingerprint density at radius 1 is 1.00 bits per heavy atom. The second-order valence-electron chi connectivity index (χ2n) is 6.42. The first kappa shape index (κ1) is 16.1. The highest BCUT2D eigenvalue weighted by molar-refractivity contribution is 5.78. The molecule has 0 N–H and O–H groups in total. The van der Waals surface area contributed by atoms with E-state index in [1.54, 1.807) is 0 Å². The predicted octanol–water partition coefficient (Wildman–Crippen LogP) is 1.22. The van der Waals surface area contributed by atoms with Gasteiger partial charge in [0.2, 0.25) is 5.91 Å². The number of piperazine rings is 1. The molecule has 6 nitrogen and oxygen atoms in total. The molecule has 3 heterocycles. The second-order valence-corrected chi connectivity index (χ2v) is 6.42. The van der Waals surface area contributed by atoms with Gasteiger partial charge in [-0.1, -0.05) is 19.9 Å². The molecule has 2 aliphatic heterocycles. The van der Waals surface area contributed by atoms with Crippen LogP contribution >= 0.6 is 0 Å². The number of anilines is 2. The maximum atomic E-state index is 12.1. The highest BCUT2D eigenvalue weighted by Gasteiger charge is 2.24. The number of hydrogen-bond donors (Lipinski definition) is 0. The molecule has 23 heavy (non-hydrogen) atoms. The first-order chi connectivity index (χ1) is 11.1. The van der Waals surface area contributed by atoms with Gasteiger partial charge in [-0.25, -0.2) is 4.98 Å². The third-order valence-corrected chi connectivity index (χ3v) is 4.46. The van der Waals surface area contributed by atoms with Crippen molar-refractivity contribution >= 4 is 17.5 Å². The summed E-state index contributed by atoms with van der Waals surface area (Å²) in [7, 11) is 0. The molecule has 0 bridgehead atoms. The van der Waals surface area contributed by atoms with E-state index >= 15 is 0 Å². The molecule has 3 rings (SSSR count). The standard InChI is InChI=1S/C17H26N4O2/c1-14(2)17(22)21-8-6-19(7-9-21)15-4-3-5-16(18-15)20-10-12-23-13-11-20/h3-5,14H,6-13H2,1-2H3. The Labute approximate surface area is 138 Å². The van der Waals surface area contributed by atoms with Crippen LogP contribution in [-0.2, 0) is 9.53 Å². The van der Waals surface area contributed by atoms with E-state index in [1.165, 1.54) is 0 Å². The van der Waals surface area contributed by atoms with Crippen LogP contribution in [0, 0.1) is 5.92 Å². The van der Waals surface area contributed by atoms with Gasteiger partial charge >= 0.3 is 0 Å². The fourth-order valence-electron chi connectivity index (χ4n) is 3.08. The lowest BCUT2D eigenvalue weighted by molar-refractivity contribution is -0.134. The number of morpholine rings is 1. The van der Waals surface area contributed by atoms with Crippen LogP contribution in [0.15, 0.2) is 18.2 Å². The lowest BCUT2D eigenvalue weighted by atomic mass is 10.1. The topological polar surface area (TPSA) is 48.9 Å². The summed E-state index contributed by atoms with van der Waals surface area (Å²) in [5, 5.41) is 0. The third-order valence-electron chi connectivity index (χ3n) is 4.46. The molecule has 0 saturated carbocycles. The minimum absolute atomic E-state index is 0.0734. The van der Waals surface area contributed by atoms with Gasteiger partial charge in [-0.2, -0.15) is 0 Å². The molecule has 6 heteroatoms. The van der Waals surface area contributed by atoms with E-state index < -0.39 is 0 Å². The third kappa shape index (κ3) is 3.75. The van der Waals surface area contributed by atoms with Gasteiger partial charge in [0.15, 0.2) is 0 Å². The normalized spacial score (nSPS) is 19.3. The van der Waals surface area contributed by atoms with Gasteiger partial charge in [-0.15, -0.1) is 0 Å². The Hall–Kier alpha value is -1.82. The summed E-state index contributed by atoms with van der Waals surface area (Å²) < 4.78 is 5.40. The lowest BCUT2D eigenvalue weighted by Gasteiger charge is -2.36. The predicted molar refractivity (Wildman–Crippen MR) is 90.9 cm³/mol. The zero-order valence-electron chi connectivity index (χ0n) is 14.1. The maximum absolute atomic E-state index is 12.1. The molecule has 0 aromatic carbocycles. The van der Waals surface area contributed by atoms with Crippen LogP contribution in [-0.4, -0.2) is 68.3 Å². The minimum atomic E-state index is 0.0734. The zero-order chi connectivity index (χ0) is 16.2. The SMILES string of the molecule is CC(C)C(=O)N1CCN(c2cccc(N3CCOCC3)n2)CC1. The quantitative estimate of drug-likeness (QED) is 0.839. The Morgan fingerprint density at radius 2 is 1.57 bits per heavy atom. The second kappa shape index (κ2) is 7.17. The Balaban J connectivity index is 1.63. The molecule has 0 aliphatic carbocycles. The smallest absolute Gasteiger partial charge is 0.225 e. The van der Waals surface area contributed by atoms with Gasteiger partial charge in [0.25, 0.3) is 0 Å². The van der Waals surface area contributed by atoms with E-state index in [1.807, 2.05) is 18.7 Å². The fourth-order valence-corrected chi connectivity index (χ4v) is 3.08. The summed E-state index contributed by atoms with van der Waals surface area (Å²) in [5.74, 6) is 2.35. The van der Waals surface area contributed by atoms with Crippen molar-refractivity contribution in [3.05, 3.63) is 18.2 Å². The van der Waals surface area contributed by atoms with E-state index in [0.29, 0.717) is 0 Å². The molecule has 2 fully saturated rings. The van der Waals surface area contributed by atoms with Crippen molar-refractivity contribution in [3.63, 3.8) is 0 Å². The zero-order valence-corrected chi connectivity index (χ0v) is 14.1. The van der Waals surface area contributed by atoms with Gasteiger partial charge in [-0.3, -0.25) is 4.79 Å². The summed E-state index contributed by atoms with van der Waals surface area (Å²) in [6.07, 6.45) is 0. The molecule has 1 aromatic rings. The highest BCUT2D eigenvalue weighted by Crippen LogP contribution is 2.20. The van der Waals surface area contributed by atoms with Gasteiger partial charge in [0, 0.05) is 45.2 Å². The molecular formula is C17H26N4O2. The number of carbonyl (C=O) groups is 1. The number of pyridine rings is 1. The van der Waals surface area contributed by atoms with Crippen LogP contribution in [0.1, 0.15) is 13.8 Å². The van der Waals surface area contributed by atoms with Crippen molar-refractivity contribution in [1.29, 1.82) is 0 Å². The summed E-state index contributed by atoms with van der Waals surface area (Å²) in [4.78, 5) is 23.4. The first-order valence-corrected chi connectivity index (χ1v) is 8.48. The molecule has 0 radical (unpaired) electrons. The van der Waals surface area contributed by atoms with Crippen LogP contribution in [0.5, 0.6) is 0 Å². The van der Waals surface area contributed by atoms with Crippen molar-refractivity contribution in [3.8, 4) is 0 Å². The summed E-state index contributed by atoms with van der Waals surface area (Å²) in [5.41, 5.74) is 0. The largest absolute Gasteiger partial charge is 0.378 e. The Bertz CT molecular complexity index is 535. The van der Waals surface area contributed by atoms with E-state index in [2.05, 4.69) is 28.0 Å². The molecule has 2 saturated heterocycles. The van der Waals surface area contributed by atoms with Crippen molar-refractivity contribution in [2.75, 3.05) is 62.3 Å². The molecule has 0 unspecified atom stereocenters. The number of ether oxygens (including phenoxy) is 1. The van der Waals surface area contributed by atoms with Crippen LogP contribution in [0.4, 0.5) is 11.6 Å². The molecule has 1 amide bonds. The van der Waals surface area contributed by atoms with Crippen LogP contribution in [0.25, 0.3) is 0 Å². The van der Waals surface area contributed by atoms with E-state index in [9.17, 15) is 4.79 Å². The molecule has 1 aromatic heterocycles. The summed E-state index contributed by atoms with van der Waals surface area (Å²) in [6, 6.07) is 6.19. The number of amides is 1. The van der Waals surface area contributed by atoms with Crippen LogP contribution in [0.2, 0.25) is 0 Å². The lowest BCUT2D eigenvalue weighted by Crippen LogP contribution is -2.50. The van der Waals surface area contributed by atoms with Crippen molar-refractivity contribution < 1.29 is 9.53 Å². The van der Waals surface area contributed by atoms with Gasteiger partial charge < -0.3 is 19.4 Å². The minimum Gasteiger partial charge on any atom is -0.378 e. The van der Waals surface area contributed by atoms with E-state index in [-0.39, 0.29) is 11.8 Å². The summed E-state index contributed by atoms with van der Waals surface area (Å²) in [6.45, 7) is 10.5. The van der Waals surface area contributed by atoms with E-state index in [4.69, 9.17) is 9.72 Å². The number of carbonyl (C=O) groups excluding carboxylic acids is 1. The molecular weight excluding hydrogens is 292 g/mol. The molecule has 2 aliphatic rings. The molecule has 0 spiro atoms. The molecule has 0 atom stereocenters. The van der Waals surface area contributed by atoms with E-state index in [0.717, 1.165) is 64.1 Å². The Kier molecular flexibility index (Phi) is 5.00. The first-order valence-electron chi connectivity index (χ1n) is 8.48. The van der Waals surface area contributed by atoms with Crippen molar-refractivity contribution in [1.82, 2.24) is 9.88 Å². The van der Waals surface area contributed by atoms with Crippen molar-refractivity contribution in [2.24, 2.45) is 5.92 Å². The average Bonchev–Trinajstić information content (AvgIpc) is 2.62. The fraction of sp³-hybridized carbons (Fsp3) is 0.647. The average molecular weight is 318 g/mol. The number of nitrogens with zero attached hydrogens (tertiary/aromatic N) is 4. The number of hydrogen-bond acceptors (Lipinski definition) is 5. The highest BCUT2D eigenvalue weighted by atomic mass is 16.5. The van der Waals surface area contributed by atoms with Gasteiger partial charge in [0.05, 0.1) is 13.2 Å². The number of rotatable bonds is 3. The molecule has 126 valence electrons. The van der Waals surface area contributed by atoms with Gasteiger partial charge in [-0.05, 0) is 12.1 Å². The maximum Gasteiger partial charge on any atom is 0.225 e. The number of aromatic nitrogens is 1. The van der Waals surface area contributed by atoms with Crippen LogP contribution in [0.3, 0.4) is 0 Å². The van der Waals surface area contributed by atoms with Crippen LogP contribution < -0.4 is 9.80 Å². The Morgan fingerprint density at radius 3 is 2.13 bits per heavy atom. The van der Waals surface area contributed by atoms with Crippen molar-refractivity contribution in [2.45, 2.75) is 13.8 Å². The summed E-state index contributed by atoms with van der Waals surface area (Å²) >= 11 is 0. The van der Waals surface area contributed by atoms with Gasteiger partial charge in [0.1, 0.15) is 11.6 Å².